The average molecular weight is 249 g/mol. The summed E-state index contributed by atoms with van der Waals surface area (Å²) in [7, 11) is 0. The quantitative estimate of drug-likeness (QED) is 0.872. The zero-order valence-corrected chi connectivity index (χ0v) is 10.9. The van der Waals surface area contributed by atoms with Crippen LogP contribution in [0.4, 0.5) is 11.5 Å². The van der Waals surface area contributed by atoms with E-state index in [9.17, 15) is 0 Å². The highest BCUT2D eigenvalue weighted by atomic mass is 32.1. The molecule has 17 heavy (non-hydrogen) atoms. The highest BCUT2D eigenvalue weighted by Crippen LogP contribution is 2.28. The number of aromatic nitrogens is 3. The second-order valence-corrected chi connectivity index (χ2v) is 5.11. The normalized spacial score (nSPS) is 12.4. The Kier molecular flexibility index (Phi) is 3.23. The van der Waals surface area contributed by atoms with Gasteiger partial charge in [0, 0.05) is 4.88 Å². The van der Waals surface area contributed by atoms with Crippen LogP contribution < -0.4 is 11.1 Å². The number of nitrogens with zero attached hydrogens (tertiary/aromatic N) is 3. The van der Waals surface area contributed by atoms with Crippen molar-refractivity contribution in [2.24, 2.45) is 0 Å². The number of nitrogens with one attached hydrogen (secondary N) is 1. The molecule has 0 aromatic carbocycles. The van der Waals surface area contributed by atoms with Crippen LogP contribution in [-0.4, -0.2) is 15.0 Å². The molecule has 2 rings (SSSR count). The molecule has 90 valence electrons. The van der Waals surface area contributed by atoms with Crippen LogP contribution in [0.1, 0.15) is 28.5 Å². The zero-order chi connectivity index (χ0) is 12.4. The van der Waals surface area contributed by atoms with Crippen LogP contribution in [0.25, 0.3) is 0 Å². The molecule has 2 aromatic heterocycles. The molecule has 0 saturated heterocycles. The molecule has 0 aliphatic rings. The third-order valence-electron chi connectivity index (χ3n) is 2.43. The molecule has 2 heterocycles. The Morgan fingerprint density at radius 1 is 1.41 bits per heavy atom. The van der Waals surface area contributed by atoms with Crippen molar-refractivity contribution < 1.29 is 0 Å². The summed E-state index contributed by atoms with van der Waals surface area (Å²) in [4.78, 5) is 13.6. The molecule has 6 heteroatoms. The Balaban J connectivity index is 2.20. The fraction of sp³-hybridized carbons (Fsp3) is 0.364. The van der Waals surface area contributed by atoms with E-state index in [1.165, 1.54) is 11.2 Å². The van der Waals surface area contributed by atoms with E-state index < -0.39 is 0 Å². The minimum absolute atomic E-state index is 0.137. The summed E-state index contributed by atoms with van der Waals surface area (Å²) in [5.41, 5.74) is 7.40. The van der Waals surface area contributed by atoms with Crippen molar-refractivity contribution >= 4 is 22.8 Å². The van der Waals surface area contributed by atoms with Gasteiger partial charge in [0.1, 0.15) is 6.33 Å². The smallest absolute Gasteiger partial charge is 0.153 e. The van der Waals surface area contributed by atoms with Gasteiger partial charge in [-0.2, -0.15) is 0 Å². The maximum Gasteiger partial charge on any atom is 0.153 e. The van der Waals surface area contributed by atoms with Crippen molar-refractivity contribution in [3.63, 3.8) is 0 Å². The predicted molar refractivity (Wildman–Crippen MR) is 70.1 cm³/mol. The summed E-state index contributed by atoms with van der Waals surface area (Å²) in [6, 6.07) is 0.137. The minimum atomic E-state index is 0.137. The van der Waals surface area contributed by atoms with Crippen molar-refractivity contribution in [1.29, 1.82) is 0 Å². The van der Waals surface area contributed by atoms with E-state index >= 15 is 0 Å². The molecular weight excluding hydrogens is 234 g/mol. The van der Waals surface area contributed by atoms with E-state index in [0.29, 0.717) is 11.5 Å². The fourth-order valence-corrected chi connectivity index (χ4v) is 2.61. The minimum Gasteiger partial charge on any atom is -0.394 e. The standard InChI is InChI=1S/C11H15N5S/c1-6-10(17-8(3)15-6)7(2)16-11-9(12)4-13-5-14-11/h4-5,7H,12H2,1-3H3,(H,13,14,16). The van der Waals surface area contributed by atoms with E-state index in [4.69, 9.17) is 5.73 Å². The first-order chi connectivity index (χ1) is 8.08. The third kappa shape index (κ3) is 2.52. The van der Waals surface area contributed by atoms with Crippen LogP contribution in [0.3, 0.4) is 0 Å². The Morgan fingerprint density at radius 3 is 2.76 bits per heavy atom. The topological polar surface area (TPSA) is 76.7 Å². The van der Waals surface area contributed by atoms with Crippen LogP contribution in [0.15, 0.2) is 12.5 Å². The number of aryl methyl sites for hydroxylation is 2. The molecule has 0 fully saturated rings. The van der Waals surface area contributed by atoms with Gasteiger partial charge in [0.2, 0.25) is 0 Å². The number of nitrogen functional groups attached to an aromatic ring is 1. The molecule has 1 unspecified atom stereocenters. The van der Waals surface area contributed by atoms with Crippen LogP contribution in [0, 0.1) is 13.8 Å². The molecule has 0 radical (unpaired) electrons. The Labute approximate surface area is 104 Å². The van der Waals surface area contributed by atoms with E-state index in [2.05, 4.69) is 27.2 Å². The van der Waals surface area contributed by atoms with E-state index in [1.54, 1.807) is 17.5 Å². The molecule has 3 N–H and O–H groups in total. The molecule has 0 spiro atoms. The average Bonchev–Trinajstić information content (AvgIpc) is 2.61. The number of hydrogen-bond acceptors (Lipinski definition) is 6. The zero-order valence-electron chi connectivity index (χ0n) is 10.1. The van der Waals surface area contributed by atoms with Gasteiger partial charge >= 0.3 is 0 Å². The highest BCUT2D eigenvalue weighted by Gasteiger charge is 2.14. The fourth-order valence-electron chi connectivity index (χ4n) is 1.68. The third-order valence-corrected chi connectivity index (χ3v) is 3.68. The summed E-state index contributed by atoms with van der Waals surface area (Å²) >= 11 is 1.69. The summed E-state index contributed by atoms with van der Waals surface area (Å²) in [6.07, 6.45) is 3.07. The molecule has 1 atom stereocenters. The van der Waals surface area contributed by atoms with E-state index in [1.807, 2.05) is 13.8 Å². The lowest BCUT2D eigenvalue weighted by atomic mass is 10.2. The Bertz CT molecular complexity index is 522. The van der Waals surface area contributed by atoms with Crippen LogP contribution >= 0.6 is 11.3 Å². The van der Waals surface area contributed by atoms with Crippen molar-refractivity contribution in [3.05, 3.63) is 28.1 Å². The highest BCUT2D eigenvalue weighted by molar-refractivity contribution is 7.11. The maximum absolute atomic E-state index is 5.79. The van der Waals surface area contributed by atoms with E-state index in [-0.39, 0.29) is 6.04 Å². The van der Waals surface area contributed by atoms with E-state index in [0.717, 1.165) is 10.7 Å². The van der Waals surface area contributed by atoms with Gasteiger partial charge in [-0.15, -0.1) is 11.3 Å². The van der Waals surface area contributed by atoms with Crippen LogP contribution in [0.5, 0.6) is 0 Å². The lowest BCUT2D eigenvalue weighted by molar-refractivity contribution is 0.878. The molecule has 0 saturated carbocycles. The molecule has 5 nitrogen and oxygen atoms in total. The van der Waals surface area contributed by atoms with Gasteiger partial charge < -0.3 is 11.1 Å². The molecule has 0 aliphatic heterocycles. The van der Waals surface area contributed by atoms with Gasteiger partial charge in [-0.05, 0) is 20.8 Å². The molecule has 0 amide bonds. The lowest BCUT2D eigenvalue weighted by Gasteiger charge is -2.14. The van der Waals surface area contributed by atoms with Crippen molar-refractivity contribution in [2.45, 2.75) is 26.8 Å². The number of thiazole rings is 1. The molecule has 0 bridgehead atoms. The lowest BCUT2D eigenvalue weighted by Crippen LogP contribution is -2.09. The van der Waals surface area contributed by atoms with Crippen molar-refractivity contribution in [1.82, 2.24) is 15.0 Å². The van der Waals surface area contributed by atoms with Crippen molar-refractivity contribution in [2.75, 3.05) is 11.1 Å². The largest absolute Gasteiger partial charge is 0.394 e. The van der Waals surface area contributed by atoms with Gasteiger partial charge in [-0.25, -0.2) is 15.0 Å². The first-order valence-electron chi connectivity index (χ1n) is 5.34. The summed E-state index contributed by atoms with van der Waals surface area (Å²) in [5, 5.41) is 4.35. The number of hydrogen-bond donors (Lipinski definition) is 2. The van der Waals surface area contributed by atoms with Crippen molar-refractivity contribution in [3.8, 4) is 0 Å². The monoisotopic (exact) mass is 249 g/mol. The second kappa shape index (κ2) is 4.67. The van der Waals surface area contributed by atoms with Gasteiger partial charge in [0.15, 0.2) is 5.82 Å². The summed E-state index contributed by atoms with van der Waals surface area (Å²) in [6.45, 7) is 6.09. The Morgan fingerprint density at radius 2 is 2.18 bits per heavy atom. The van der Waals surface area contributed by atoms with Gasteiger partial charge in [-0.1, -0.05) is 0 Å². The first-order valence-corrected chi connectivity index (χ1v) is 6.15. The van der Waals surface area contributed by atoms with Crippen LogP contribution in [0.2, 0.25) is 0 Å². The SMILES string of the molecule is Cc1nc(C)c(C(C)Nc2ncncc2N)s1. The number of anilines is 2. The molecular formula is C11H15N5S. The van der Waals surface area contributed by atoms with Gasteiger partial charge in [0.05, 0.1) is 28.6 Å². The summed E-state index contributed by atoms with van der Waals surface area (Å²) in [5.74, 6) is 0.665. The molecule has 2 aromatic rings. The maximum atomic E-state index is 5.79. The predicted octanol–water partition coefficient (Wildman–Crippen LogP) is 2.31. The second-order valence-electron chi connectivity index (χ2n) is 3.88. The first kappa shape index (κ1) is 11.8. The Hall–Kier alpha value is -1.69. The number of rotatable bonds is 3. The summed E-state index contributed by atoms with van der Waals surface area (Å²) < 4.78 is 0. The van der Waals surface area contributed by atoms with Gasteiger partial charge in [-0.3, -0.25) is 0 Å². The van der Waals surface area contributed by atoms with Gasteiger partial charge in [0.25, 0.3) is 0 Å². The molecule has 0 aliphatic carbocycles. The number of nitrogens with two attached hydrogens (primary N) is 1. The van der Waals surface area contributed by atoms with Crippen LogP contribution in [-0.2, 0) is 0 Å².